The van der Waals surface area contributed by atoms with E-state index in [1.807, 2.05) is 0 Å². The van der Waals surface area contributed by atoms with Gasteiger partial charge in [0.2, 0.25) is 0 Å². The molecule has 6 heteroatoms. The van der Waals surface area contributed by atoms with Crippen LogP contribution < -0.4 is 5.32 Å². The Bertz CT molecular complexity index is 434. The number of halogens is 1. The SMILES string of the molecule is C=C(Br)C[C@@H](NC(=O)c1cccnc1)C(=O)O. The van der Waals surface area contributed by atoms with Gasteiger partial charge in [-0.05, 0) is 16.6 Å². The molecule has 2 N–H and O–H groups in total. The van der Waals surface area contributed by atoms with Crippen molar-refractivity contribution in [1.29, 1.82) is 0 Å². The van der Waals surface area contributed by atoms with Gasteiger partial charge in [0.25, 0.3) is 5.91 Å². The van der Waals surface area contributed by atoms with Crippen LogP contribution in [-0.4, -0.2) is 28.0 Å². The smallest absolute Gasteiger partial charge is 0.326 e. The number of aromatic nitrogens is 1. The Balaban J connectivity index is 2.71. The minimum Gasteiger partial charge on any atom is -0.480 e. The molecule has 0 aliphatic rings. The Labute approximate surface area is 107 Å². The molecule has 0 radical (unpaired) electrons. The highest BCUT2D eigenvalue weighted by atomic mass is 79.9. The molecule has 0 bridgehead atoms. The number of nitrogens with zero attached hydrogens (tertiary/aromatic N) is 1. The summed E-state index contributed by atoms with van der Waals surface area (Å²) >= 11 is 3.07. The number of hydrogen-bond acceptors (Lipinski definition) is 3. The van der Waals surface area contributed by atoms with Crippen LogP contribution in [0.4, 0.5) is 0 Å². The lowest BCUT2D eigenvalue weighted by molar-refractivity contribution is -0.139. The molecule has 5 nitrogen and oxygen atoms in total. The maximum atomic E-state index is 11.7. The van der Waals surface area contributed by atoms with Gasteiger partial charge in [-0.2, -0.15) is 0 Å². The zero-order valence-electron chi connectivity index (χ0n) is 8.89. The summed E-state index contributed by atoms with van der Waals surface area (Å²) in [5.41, 5.74) is 0.318. The molecule has 1 aromatic heterocycles. The highest BCUT2D eigenvalue weighted by Gasteiger charge is 2.20. The number of amides is 1. The van der Waals surface area contributed by atoms with Crippen molar-refractivity contribution in [2.75, 3.05) is 0 Å². The fourth-order valence-corrected chi connectivity index (χ4v) is 1.48. The van der Waals surface area contributed by atoms with Gasteiger partial charge in [0, 0.05) is 18.8 Å². The number of carboxylic acid groups (broad SMARTS) is 1. The third-order valence-electron chi connectivity index (χ3n) is 1.95. The predicted octanol–water partition coefficient (Wildman–Crippen LogP) is 1.56. The number of carbonyl (C=O) groups excluding carboxylic acids is 1. The summed E-state index contributed by atoms with van der Waals surface area (Å²) in [4.78, 5) is 26.4. The second kappa shape index (κ2) is 6.15. The lowest BCUT2D eigenvalue weighted by Gasteiger charge is -2.13. The van der Waals surface area contributed by atoms with E-state index >= 15 is 0 Å². The van der Waals surface area contributed by atoms with Crippen molar-refractivity contribution in [2.24, 2.45) is 0 Å². The first kappa shape index (κ1) is 13.4. The topological polar surface area (TPSA) is 79.3 Å². The summed E-state index contributed by atoms with van der Waals surface area (Å²) in [6.45, 7) is 3.55. The zero-order chi connectivity index (χ0) is 12.8. The summed E-state index contributed by atoms with van der Waals surface area (Å²) in [6, 6.07) is 2.16. The van der Waals surface area contributed by atoms with E-state index in [0.29, 0.717) is 10.0 Å². The maximum absolute atomic E-state index is 11.7. The van der Waals surface area contributed by atoms with E-state index in [0.717, 1.165) is 0 Å². The van der Waals surface area contributed by atoms with Crippen LogP contribution in [-0.2, 0) is 4.79 Å². The van der Waals surface area contributed by atoms with Gasteiger partial charge < -0.3 is 10.4 Å². The quantitative estimate of drug-likeness (QED) is 0.865. The molecule has 1 rings (SSSR count). The molecule has 90 valence electrons. The molecule has 0 fully saturated rings. The van der Waals surface area contributed by atoms with E-state index in [-0.39, 0.29) is 6.42 Å². The number of aliphatic carboxylic acids is 1. The van der Waals surface area contributed by atoms with Gasteiger partial charge in [-0.3, -0.25) is 9.78 Å². The number of carboxylic acids is 1. The summed E-state index contributed by atoms with van der Waals surface area (Å²) in [5, 5.41) is 11.3. The van der Waals surface area contributed by atoms with E-state index in [1.54, 1.807) is 12.1 Å². The number of rotatable bonds is 5. The second-order valence-electron chi connectivity index (χ2n) is 3.33. The van der Waals surface area contributed by atoms with Crippen LogP contribution >= 0.6 is 15.9 Å². The molecule has 17 heavy (non-hydrogen) atoms. The van der Waals surface area contributed by atoms with Crippen LogP contribution in [0.2, 0.25) is 0 Å². The third kappa shape index (κ3) is 4.36. The van der Waals surface area contributed by atoms with E-state index in [2.05, 4.69) is 32.8 Å². The number of hydrogen-bond donors (Lipinski definition) is 2. The molecule has 0 saturated heterocycles. The van der Waals surface area contributed by atoms with Crippen LogP contribution in [0.3, 0.4) is 0 Å². The molecular weight excluding hydrogens is 288 g/mol. The van der Waals surface area contributed by atoms with Crippen molar-refractivity contribution in [1.82, 2.24) is 10.3 Å². The van der Waals surface area contributed by atoms with Crippen LogP contribution in [0.5, 0.6) is 0 Å². The molecule has 0 saturated carbocycles. The molecule has 1 aromatic rings. The molecule has 0 spiro atoms. The Morgan fingerprint density at radius 1 is 1.59 bits per heavy atom. The van der Waals surface area contributed by atoms with Crippen LogP contribution in [0, 0.1) is 0 Å². The summed E-state index contributed by atoms with van der Waals surface area (Å²) < 4.78 is 0.511. The first-order valence-corrected chi connectivity index (χ1v) is 5.57. The van der Waals surface area contributed by atoms with Gasteiger partial charge in [0.15, 0.2) is 0 Å². The Kier molecular flexibility index (Phi) is 4.84. The minimum atomic E-state index is -1.11. The molecule has 0 aromatic carbocycles. The molecule has 1 atom stereocenters. The lowest BCUT2D eigenvalue weighted by Crippen LogP contribution is -2.40. The monoisotopic (exact) mass is 298 g/mol. The molecule has 0 unspecified atom stereocenters. The van der Waals surface area contributed by atoms with Gasteiger partial charge in [0.05, 0.1) is 5.56 Å². The van der Waals surface area contributed by atoms with Gasteiger partial charge in [-0.25, -0.2) is 4.79 Å². The standard InChI is InChI=1S/C11H11BrN2O3/c1-7(12)5-9(11(16)17)14-10(15)8-3-2-4-13-6-8/h2-4,6,9H,1,5H2,(H,14,15)(H,16,17)/t9-/m1/s1. The van der Waals surface area contributed by atoms with E-state index in [9.17, 15) is 9.59 Å². The largest absolute Gasteiger partial charge is 0.480 e. The summed E-state index contributed by atoms with van der Waals surface area (Å²) in [5.74, 6) is -1.58. The summed E-state index contributed by atoms with van der Waals surface area (Å²) in [7, 11) is 0. The van der Waals surface area contributed by atoms with Gasteiger partial charge >= 0.3 is 5.97 Å². The zero-order valence-corrected chi connectivity index (χ0v) is 10.5. The Morgan fingerprint density at radius 3 is 2.76 bits per heavy atom. The fraction of sp³-hybridized carbons (Fsp3) is 0.182. The molecule has 1 heterocycles. The highest BCUT2D eigenvalue weighted by molar-refractivity contribution is 9.11. The number of nitrogens with one attached hydrogen (secondary N) is 1. The number of pyridine rings is 1. The number of carbonyl (C=O) groups is 2. The van der Waals surface area contributed by atoms with Crippen LogP contribution in [0.1, 0.15) is 16.8 Å². The normalized spacial score (nSPS) is 11.6. The van der Waals surface area contributed by atoms with Crippen LogP contribution in [0.25, 0.3) is 0 Å². The maximum Gasteiger partial charge on any atom is 0.326 e. The van der Waals surface area contributed by atoms with E-state index in [1.165, 1.54) is 12.4 Å². The minimum absolute atomic E-state index is 0.126. The van der Waals surface area contributed by atoms with Crippen molar-refractivity contribution >= 4 is 27.8 Å². The fourth-order valence-electron chi connectivity index (χ4n) is 1.16. The van der Waals surface area contributed by atoms with Crippen molar-refractivity contribution in [3.05, 3.63) is 41.2 Å². The molecule has 1 amide bonds. The van der Waals surface area contributed by atoms with Crippen molar-refractivity contribution in [3.63, 3.8) is 0 Å². The molecular formula is C11H11BrN2O3. The van der Waals surface area contributed by atoms with E-state index < -0.39 is 17.9 Å². The predicted molar refractivity (Wildman–Crippen MR) is 65.8 cm³/mol. The second-order valence-corrected chi connectivity index (χ2v) is 4.45. The van der Waals surface area contributed by atoms with Gasteiger partial charge in [-0.15, -0.1) is 0 Å². The van der Waals surface area contributed by atoms with Crippen molar-refractivity contribution < 1.29 is 14.7 Å². The summed E-state index contributed by atoms with van der Waals surface area (Å²) in [6.07, 6.45) is 3.03. The highest BCUT2D eigenvalue weighted by Crippen LogP contribution is 2.10. The van der Waals surface area contributed by atoms with Gasteiger partial charge in [-0.1, -0.05) is 22.5 Å². The Hall–Kier alpha value is -1.69. The van der Waals surface area contributed by atoms with E-state index in [4.69, 9.17) is 5.11 Å². The average molecular weight is 299 g/mol. The van der Waals surface area contributed by atoms with Crippen molar-refractivity contribution in [3.8, 4) is 0 Å². The van der Waals surface area contributed by atoms with Gasteiger partial charge in [0.1, 0.15) is 6.04 Å². The molecule has 0 aliphatic heterocycles. The first-order chi connectivity index (χ1) is 8.00. The first-order valence-electron chi connectivity index (χ1n) is 4.77. The molecule has 0 aliphatic carbocycles. The third-order valence-corrected chi connectivity index (χ3v) is 2.28. The van der Waals surface area contributed by atoms with Crippen molar-refractivity contribution in [2.45, 2.75) is 12.5 Å². The lowest BCUT2D eigenvalue weighted by atomic mass is 10.2. The Morgan fingerprint density at radius 2 is 2.29 bits per heavy atom. The average Bonchev–Trinajstić information content (AvgIpc) is 2.28. The van der Waals surface area contributed by atoms with Crippen LogP contribution in [0.15, 0.2) is 35.6 Å².